The van der Waals surface area contributed by atoms with E-state index in [1.54, 1.807) is 11.3 Å². The van der Waals surface area contributed by atoms with Gasteiger partial charge in [-0.2, -0.15) is 0 Å². The number of thiazole rings is 1. The van der Waals surface area contributed by atoms with Crippen LogP contribution in [0, 0.1) is 6.92 Å². The van der Waals surface area contributed by atoms with Gasteiger partial charge in [0.05, 0.1) is 11.4 Å². The molecular weight excluding hydrogens is 332 g/mol. The summed E-state index contributed by atoms with van der Waals surface area (Å²) in [5, 5.41) is 7.75. The van der Waals surface area contributed by atoms with Crippen LogP contribution in [0.15, 0.2) is 66.3 Å². The van der Waals surface area contributed by atoms with E-state index in [-0.39, 0.29) is 6.03 Å². The standard InChI is InChI=1S/C19H16N4OS/c1-13-6-8-14(9-7-13)20-18(24)21-16-5-3-2-4-15(16)17-12-23-10-11-25-19(23)22-17/h2-12H,1H3,(H2,20,21,24). The number of benzene rings is 2. The lowest BCUT2D eigenvalue weighted by Crippen LogP contribution is -2.19. The maximum Gasteiger partial charge on any atom is 0.323 e. The first-order valence-electron chi connectivity index (χ1n) is 7.85. The Bertz CT molecular complexity index is 1000. The minimum Gasteiger partial charge on any atom is -0.308 e. The van der Waals surface area contributed by atoms with Gasteiger partial charge in [0, 0.05) is 29.0 Å². The summed E-state index contributed by atoms with van der Waals surface area (Å²) in [5.41, 5.74) is 4.34. The minimum atomic E-state index is -0.280. The van der Waals surface area contributed by atoms with E-state index in [9.17, 15) is 4.79 Å². The smallest absolute Gasteiger partial charge is 0.308 e. The molecule has 0 radical (unpaired) electrons. The molecule has 0 aliphatic rings. The number of nitrogens with one attached hydrogen (secondary N) is 2. The fraction of sp³-hybridized carbons (Fsp3) is 0.0526. The van der Waals surface area contributed by atoms with Crippen LogP contribution in [0.1, 0.15) is 5.56 Å². The van der Waals surface area contributed by atoms with Gasteiger partial charge in [0.25, 0.3) is 0 Å². The van der Waals surface area contributed by atoms with Crippen LogP contribution in [-0.2, 0) is 0 Å². The maximum atomic E-state index is 12.3. The molecule has 0 unspecified atom stereocenters. The Balaban J connectivity index is 1.57. The third-order valence-electron chi connectivity index (χ3n) is 3.85. The van der Waals surface area contributed by atoms with Crippen LogP contribution in [0.25, 0.3) is 16.2 Å². The quantitative estimate of drug-likeness (QED) is 0.546. The van der Waals surface area contributed by atoms with E-state index in [0.717, 1.165) is 33.2 Å². The lowest BCUT2D eigenvalue weighted by Gasteiger charge is -2.11. The SMILES string of the molecule is Cc1ccc(NC(=O)Nc2ccccc2-c2cn3ccsc3n2)cc1. The number of carbonyl (C=O) groups excluding carboxylic acids is 1. The van der Waals surface area contributed by atoms with Crippen molar-refractivity contribution < 1.29 is 4.79 Å². The lowest BCUT2D eigenvalue weighted by molar-refractivity contribution is 0.262. The molecule has 0 aliphatic heterocycles. The number of urea groups is 1. The zero-order valence-electron chi connectivity index (χ0n) is 13.6. The highest BCUT2D eigenvalue weighted by Gasteiger charge is 2.12. The second-order valence-electron chi connectivity index (χ2n) is 5.71. The van der Waals surface area contributed by atoms with Crippen LogP contribution < -0.4 is 10.6 Å². The molecule has 4 rings (SSSR count). The summed E-state index contributed by atoms with van der Waals surface area (Å²) in [6, 6.07) is 15.1. The Kier molecular flexibility index (Phi) is 3.95. The predicted molar refractivity (Wildman–Crippen MR) is 102 cm³/mol. The van der Waals surface area contributed by atoms with Gasteiger partial charge in [-0.1, -0.05) is 35.9 Å². The van der Waals surface area contributed by atoms with Crippen molar-refractivity contribution in [1.82, 2.24) is 9.38 Å². The van der Waals surface area contributed by atoms with Crippen molar-refractivity contribution in [2.24, 2.45) is 0 Å². The van der Waals surface area contributed by atoms with E-state index < -0.39 is 0 Å². The number of aryl methyl sites for hydroxylation is 1. The fourth-order valence-electron chi connectivity index (χ4n) is 2.59. The van der Waals surface area contributed by atoms with E-state index in [4.69, 9.17) is 0 Å². The summed E-state index contributed by atoms with van der Waals surface area (Å²) in [5.74, 6) is 0. The molecule has 2 amide bonds. The highest BCUT2D eigenvalue weighted by molar-refractivity contribution is 7.15. The number of carbonyl (C=O) groups is 1. The summed E-state index contributed by atoms with van der Waals surface area (Å²) < 4.78 is 1.98. The van der Waals surface area contributed by atoms with Crippen LogP contribution in [0.2, 0.25) is 0 Å². The number of para-hydroxylation sites is 1. The van der Waals surface area contributed by atoms with Crippen LogP contribution in [-0.4, -0.2) is 15.4 Å². The zero-order valence-corrected chi connectivity index (χ0v) is 14.4. The first-order valence-corrected chi connectivity index (χ1v) is 8.73. The summed E-state index contributed by atoms with van der Waals surface area (Å²) in [6.07, 6.45) is 3.93. The molecule has 6 heteroatoms. The molecule has 25 heavy (non-hydrogen) atoms. The third-order valence-corrected chi connectivity index (χ3v) is 4.62. The number of aromatic nitrogens is 2. The van der Waals surface area contributed by atoms with Gasteiger partial charge >= 0.3 is 6.03 Å². The van der Waals surface area contributed by atoms with E-state index in [1.165, 1.54) is 0 Å². The van der Waals surface area contributed by atoms with Gasteiger partial charge in [-0.15, -0.1) is 11.3 Å². The number of nitrogens with zero attached hydrogens (tertiary/aromatic N) is 2. The molecule has 0 fully saturated rings. The van der Waals surface area contributed by atoms with Crippen LogP contribution in [0.4, 0.5) is 16.2 Å². The van der Waals surface area contributed by atoms with E-state index in [1.807, 2.05) is 77.6 Å². The summed E-state index contributed by atoms with van der Waals surface area (Å²) in [7, 11) is 0. The topological polar surface area (TPSA) is 58.4 Å². The molecule has 2 aromatic heterocycles. The average molecular weight is 348 g/mol. The van der Waals surface area contributed by atoms with Crippen molar-refractivity contribution in [3.8, 4) is 11.3 Å². The number of fused-ring (bicyclic) bond motifs is 1. The van der Waals surface area contributed by atoms with E-state index in [0.29, 0.717) is 0 Å². The van der Waals surface area contributed by atoms with Gasteiger partial charge in [0.15, 0.2) is 4.96 Å². The second kappa shape index (κ2) is 6.41. The van der Waals surface area contributed by atoms with Crippen LogP contribution in [0.3, 0.4) is 0 Å². The number of hydrogen-bond acceptors (Lipinski definition) is 3. The van der Waals surface area contributed by atoms with E-state index >= 15 is 0 Å². The molecule has 5 nitrogen and oxygen atoms in total. The van der Waals surface area contributed by atoms with E-state index in [2.05, 4.69) is 15.6 Å². The largest absolute Gasteiger partial charge is 0.323 e. The van der Waals surface area contributed by atoms with Crippen molar-refractivity contribution in [1.29, 1.82) is 0 Å². The fourth-order valence-corrected chi connectivity index (χ4v) is 3.29. The third kappa shape index (κ3) is 3.25. The highest BCUT2D eigenvalue weighted by atomic mass is 32.1. The first-order chi connectivity index (χ1) is 12.2. The summed E-state index contributed by atoms with van der Waals surface area (Å²) >= 11 is 1.58. The Morgan fingerprint density at radius 3 is 2.68 bits per heavy atom. The number of imidazole rings is 1. The van der Waals surface area contributed by atoms with Gasteiger partial charge in [-0.05, 0) is 25.1 Å². The molecule has 2 N–H and O–H groups in total. The molecule has 2 heterocycles. The molecule has 0 saturated carbocycles. The monoisotopic (exact) mass is 348 g/mol. The second-order valence-corrected chi connectivity index (χ2v) is 6.58. The molecule has 0 bridgehead atoms. The van der Waals surface area contributed by atoms with Crippen molar-refractivity contribution in [3.05, 3.63) is 71.9 Å². The predicted octanol–water partition coefficient (Wildman–Crippen LogP) is 5.02. The molecule has 4 aromatic rings. The normalized spacial score (nSPS) is 10.8. The lowest BCUT2D eigenvalue weighted by atomic mass is 10.1. The number of anilines is 2. The van der Waals surface area contributed by atoms with Crippen LogP contribution in [0.5, 0.6) is 0 Å². The van der Waals surface area contributed by atoms with Gasteiger partial charge in [-0.25, -0.2) is 9.78 Å². The van der Waals surface area contributed by atoms with Gasteiger partial charge < -0.3 is 10.6 Å². The van der Waals surface area contributed by atoms with Gasteiger partial charge in [-0.3, -0.25) is 4.40 Å². The number of rotatable bonds is 3. The molecule has 0 spiro atoms. The molecule has 2 aromatic carbocycles. The van der Waals surface area contributed by atoms with Crippen molar-refractivity contribution in [2.45, 2.75) is 6.92 Å². The molecular formula is C19H16N4OS. The highest BCUT2D eigenvalue weighted by Crippen LogP contribution is 2.28. The van der Waals surface area contributed by atoms with Crippen molar-refractivity contribution >= 4 is 33.7 Å². The zero-order chi connectivity index (χ0) is 17.2. The Morgan fingerprint density at radius 2 is 1.88 bits per heavy atom. The summed E-state index contributed by atoms with van der Waals surface area (Å²) in [4.78, 5) is 17.9. The van der Waals surface area contributed by atoms with Gasteiger partial charge in [0.1, 0.15) is 0 Å². The van der Waals surface area contributed by atoms with Crippen molar-refractivity contribution in [3.63, 3.8) is 0 Å². The van der Waals surface area contributed by atoms with Crippen molar-refractivity contribution in [2.75, 3.05) is 10.6 Å². The van der Waals surface area contributed by atoms with Crippen LogP contribution >= 0.6 is 11.3 Å². The maximum absolute atomic E-state index is 12.3. The number of hydrogen-bond donors (Lipinski definition) is 2. The molecule has 0 aliphatic carbocycles. The average Bonchev–Trinajstić information content (AvgIpc) is 3.19. The first kappa shape index (κ1) is 15.4. The van der Waals surface area contributed by atoms with Gasteiger partial charge in [0.2, 0.25) is 0 Å². The Labute approximate surface area is 149 Å². The minimum absolute atomic E-state index is 0.280. The number of amides is 2. The molecule has 124 valence electrons. The Morgan fingerprint density at radius 1 is 1.08 bits per heavy atom. The Hall–Kier alpha value is -3.12. The molecule has 0 atom stereocenters. The summed E-state index contributed by atoms with van der Waals surface area (Å²) in [6.45, 7) is 2.01. The molecule has 0 saturated heterocycles.